The maximum atomic E-state index is 13.0. The number of carbonyl (C=O) groups is 1. The lowest BCUT2D eigenvalue weighted by Crippen LogP contribution is -2.25. The molecule has 0 heterocycles. The van der Waals surface area contributed by atoms with Gasteiger partial charge < -0.3 is 16.0 Å². The number of rotatable bonds is 7. The molecule has 0 aliphatic rings. The number of hydrogen-bond donors (Lipinski definition) is 2. The zero-order chi connectivity index (χ0) is 15.8. The van der Waals surface area contributed by atoms with Crippen LogP contribution in [0.4, 0.5) is 15.8 Å². The van der Waals surface area contributed by atoms with Crippen molar-refractivity contribution in [2.75, 3.05) is 31.2 Å². The Kier molecular flexibility index (Phi) is 6.63. The van der Waals surface area contributed by atoms with Crippen molar-refractivity contribution < 1.29 is 9.18 Å². The highest BCUT2D eigenvalue weighted by molar-refractivity contribution is 5.91. The Morgan fingerprint density at radius 1 is 1.57 bits per heavy atom. The highest BCUT2D eigenvalue weighted by Crippen LogP contribution is 2.16. The van der Waals surface area contributed by atoms with E-state index in [0.29, 0.717) is 25.1 Å². The Bertz CT molecular complexity index is 527. The predicted molar refractivity (Wildman–Crippen MR) is 81.0 cm³/mol. The van der Waals surface area contributed by atoms with Crippen molar-refractivity contribution in [1.29, 1.82) is 5.26 Å². The molecule has 0 aliphatic heterocycles. The molecule has 1 amide bonds. The van der Waals surface area contributed by atoms with Gasteiger partial charge in [0.05, 0.1) is 17.7 Å². The third-order valence-electron chi connectivity index (χ3n) is 3.03. The quantitative estimate of drug-likeness (QED) is 0.755. The molecule has 0 saturated carbocycles. The van der Waals surface area contributed by atoms with Gasteiger partial charge in [0, 0.05) is 18.7 Å². The molecule has 0 fully saturated rings. The van der Waals surface area contributed by atoms with Gasteiger partial charge in [-0.25, -0.2) is 4.39 Å². The molecule has 6 heteroatoms. The minimum atomic E-state index is -0.499. The standard InChI is InChI=1S/C15H21FN4O/c1-11(9-17)10-20(2)7-3-4-15(21)19-12-5-6-13(16)14(18)8-12/h5-6,8,11H,3-4,7,10,18H2,1-2H3,(H,19,21). The van der Waals surface area contributed by atoms with Crippen LogP contribution >= 0.6 is 0 Å². The number of carbonyl (C=O) groups excluding carboxylic acids is 1. The van der Waals surface area contributed by atoms with Gasteiger partial charge in [0.1, 0.15) is 5.82 Å². The number of nitrogen functional groups attached to an aromatic ring is 1. The fraction of sp³-hybridized carbons (Fsp3) is 0.467. The number of amides is 1. The van der Waals surface area contributed by atoms with E-state index in [2.05, 4.69) is 11.4 Å². The lowest BCUT2D eigenvalue weighted by atomic mass is 10.2. The summed E-state index contributed by atoms with van der Waals surface area (Å²) in [5.74, 6) is -0.657. The second-order valence-corrected chi connectivity index (χ2v) is 5.18. The van der Waals surface area contributed by atoms with E-state index in [1.54, 1.807) is 0 Å². The van der Waals surface area contributed by atoms with Crippen molar-refractivity contribution in [3.63, 3.8) is 0 Å². The highest BCUT2D eigenvalue weighted by Gasteiger charge is 2.08. The molecule has 114 valence electrons. The van der Waals surface area contributed by atoms with E-state index >= 15 is 0 Å². The molecule has 1 rings (SSSR count). The van der Waals surface area contributed by atoms with Crippen LogP contribution < -0.4 is 11.1 Å². The maximum absolute atomic E-state index is 13.0. The molecule has 0 saturated heterocycles. The Hall–Kier alpha value is -2.13. The maximum Gasteiger partial charge on any atom is 0.224 e. The monoisotopic (exact) mass is 292 g/mol. The Morgan fingerprint density at radius 2 is 2.29 bits per heavy atom. The van der Waals surface area contributed by atoms with Crippen molar-refractivity contribution in [3.8, 4) is 6.07 Å². The summed E-state index contributed by atoms with van der Waals surface area (Å²) in [6.45, 7) is 3.29. The molecule has 0 aliphatic carbocycles. The van der Waals surface area contributed by atoms with Crippen LogP contribution in [0, 0.1) is 23.1 Å². The lowest BCUT2D eigenvalue weighted by Gasteiger charge is -2.17. The molecule has 1 atom stereocenters. The number of anilines is 2. The smallest absolute Gasteiger partial charge is 0.224 e. The Morgan fingerprint density at radius 3 is 2.90 bits per heavy atom. The summed E-state index contributed by atoms with van der Waals surface area (Å²) < 4.78 is 13.0. The molecule has 0 aromatic heterocycles. The van der Waals surface area contributed by atoms with Gasteiger partial charge in [0.15, 0.2) is 0 Å². The number of benzene rings is 1. The number of nitrogens with two attached hydrogens (primary N) is 1. The van der Waals surface area contributed by atoms with Gasteiger partial charge in [-0.05, 0) is 45.1 Å². The van der Waals surface area contributed by atoms with Crippen LogP contribution in [0.3, 0.4) is 0 Å². The van der Waals surface area contributed by atoms with Crippen LogP contribution in [0.25, 0.3) is 0 Å². The highest BCUT2D eigenvalue weighted by atomic mass is 19.1. The van der Waals surface area contributed by atoms with E-state index in [9.17, 15) is 9.18 Å². The van der Waals surface area contributed by atoms with Crippen molar-refractivity contribution in [2.45, 2.75) is 19.8 Å². The molecule has 1 aromatic carbocycles. The summed E-state index contributed by atoms with van der Waals surface area (Å²) in [6.07, 6.45) is 1.06. The van der Waals surface area contributed by atoms with Gasteiger partial charge in [-0.15, -0.1) is 0 Å². The second kappa shape index (κ2) is 8.22. The number of nitrogens with one attached hydrogen (secondary N) is 1. The summed E-state index contributed by atoms with van der Waals surface area (Å²) in [6, 6.07) is 6.27. The molecular weight excluding hydrogens is 271 g/mol. The average Bonchev–Trinajstić information content (AvgIpc) is 2.42. The van der Waals surface area contributed by atoms with E-state index in [4.69, 9.17) is 11.0 Å². The summed E-state index contributed by atoms with van der Waals surface area (Å²) >= 11 is 0. The summed E-state index contributed by atoms with van der Waals surface area (Å²) in [5, 5.41) is 11.4. The first-order chi connectivity index (χ1) is 9.92. The topological polar surface area (TPSA) is 82.2 Å². The largest absolute Gasteiger partial charge is 0.396 e. The van der Waals surface area contributed by atoms with Crippen LogP contribution in [0.1, 0.15) is 19.8 Å². The van der Waals surface area contributed by atoms with Crippen molar-refractivity contribution in [2.24, 2.45) is 5.92 Å². The molecule has 5 nitrogen and oxygen atoms in total. The minimum Gasteiger partial charge on any atom is -0.396 e. The zero-order valence-corrected chi connectivity index (χ0v) is 12.4. The van der Waals surface area contributed by atoms with Crippen LogP contribution in [0.15, 0.2) is 18.2 Å². The first-order valence-corrected chi connectivity index (χ1v) is 6.85. The van der Waals surface area contributed by atoms with Gasteiger partial charge >= 0.3 is 0 Å². The normalized spacial score (nSPS) is 12.0. The van der Waals surface area contributed by atoms with E-state index in [-0.39, 0.29) is 17.5 Å². The van der Waals surface area contributed by atoms with Crippen molar-refractivity contribution in [3.05, 3.63) is 24.0 Å². The summed E-state index contributed by atoms with van der Waals surface area (Å²) in [7, 11) is 1.92. The molecular formula is C15H21FN4O. The third-order valence-corrected chi connectivity index (χ3v) is 3.03. The predicted octanol–water partition coefficient (Wildman–Crippen LogP) is 2.22. The molecule has 1 aromatic rings. The third kappa shape index (κ3) is 6.23. The first-order valence-electron chi connectivity index (χ1n) is 6.85. The van der Waals surface area contributed by atoms with E-state index in [1.165, 1.54) is 18.2 Å². The summed E-state index contributed by atoms with van der Waals surface area (Å²) in [4.78, 5) is 13.8. The number of hydrogen-bond acceptors (Lipinski definition) is 4. The lowest BCUT2D eigenvalue weighted by molar-refractivity contribution is -0.116. The van der Waals surface area contributed by atoms with Crippen molar-refractivity contribution in [1.82, 2.24) is 4.90 Å². The van der Waals surface area contributed by atoms with E-state index in [1.807, 2.05) is 18.9 Å². The minimum absolute atomic E-state index is 0.0121. The molecule has 0 radical (unpaired) electrons. The van der Waals surface area contributed by atoms with Crippen molar-refractivity contribution >= 4 is 17.3 Å². The van der Waals surface area contributed by atoms with Gasteiger partial charge in [0.25, 0.3) is 0 Å². The Labute approximate surface area is 124 Å². The molecule has 3 N–H and O–H groups in total. The van der Waals surface area contributed by atoms with Crippen LogP contribution in [0.5, 0.6) is 0 Å². The summed E-state index contributed by atoms with van der Waals surface area (Å²) in [5.41, 5.74) is 5.94. The fourth-order valence-electron chi connectivity index (χ4n) is 1.95. The van der Waals surface area contributed by atoms with Gasteiger partial charge in [-0.3, -0.25) is 4.79 Å². The van der Waals surface area contributed by atoms with Crippen LogP contribution in [-0.4, -0.2) is 30.9 Å². The van der Waals surface area contributed by atoms with Crippen LogP contribution in [-0.2, 0) is 4.79 Å². The van der Waals surface area contributed by atoms with E-state index < -0.39 is 5.82 Å². The Balaban J connectivity index is 2.31. The molecule has 21 heavy (non-hydrogen) atoms. The van der Waals surface area contributed by atoms with Gasteiger partial charge in [-0.1, -0.05) is 0 Å². The number of halogens is 1. The number of nitriles is 1. The van der Waals surface area contributed by atoms with Gasteiger partial charge in [0.2, 0.25) is 5.91 Å². The van der Waals surface area contributed by atoms with E-state index in [0.717, 1.165) is 6.54 Å². The molecule has 0 spiro atoms. The second-order valence-electron chi connectivity index (χ2n) is 5.18. The first kappa shape index (κ1) is 16.9. The average molecular weight is 292 g/mol. The number of nitrogens with zero attached hydrogens (tertiary/aromatic N) is 2. The van der Waals surface area contributed by atoms with Crippen LogP contribution in [0.2, 0.25) is 0 Å². The fourth-order valence-corrected chi connectivity index (χ4v) is 1.95. The van der Waals surface area contributed by atoms with Gasteiger partial charge in [-0.2, -0.15) is 5.26 Å². The zero-order valence-electron chi connectivity index (χ0n) is 12.4. The SMILES string of the molecule is CC(C#N)CN(C)CCCC(=O)Nc1ccc(F)c(N)c1. The molecule has 0 bridgehead atoms. The molecule has 1 unspecified atom stereocenters.